The third-order valence-electron chi connectivity index (χ3n) is 3.46. The second kappa shape index (κ2) is 7.04. The molecule has 20 heavy (non-hydrogen) atoms. The second-order valence-corrected chi connectivity index (χ2v) is 7.18. The lowest BCUT2D eigenvalue weighted by Gasteiger charge is -2.17. The first-order valence-corrected chi connectivity index (χ1v) is 8.77. The van der Waals surface area contributed by atoms with Crippen molar-refractivity contribution in [3.05, 3.63) is 24.5 Å². The fourth-order valence-corrected chi connectivity index (χ4v) is 3.92. The lowest BCUT2D eigenvalue weighted by atomic mass is 10.3. The molecule has 0 aliphatic carbocycles. The van der Waals surface area contributed by atoms with Crippen LogP contribution in [0.15, 0.2) is 24.5 Å². The van der Waals surface area contributed by atoms with Gasteiger partial charge in [0.05, 0.1) is 12.3 Å². The Labute approximate surface area is 121 Å². The highest BCUT2D eigenvalue weighted by Gasteiger charge is 2.31. The summed E-state index contributed by atoms with van der Waals surface area (Å²) in [6, 6.07) is 3.58. The molecule has 2 rings (SSSR count). The zero-order valence-electron chi connectivity index (χ0n) is 11.9. The smallest absolute Gasteiger partial charge is 0.214 e. The first-order chi connectivity index (χ1) is 9.62. The maximum atomic E-state index is 12.2. The molecule has 1 atom stereocenters. The van der Waals surface area contributed by atoms with Crippen LogP contribution in [0.2, 0.25) is 0 Å². The van der Waals surface area contributed by atoms with Crippen LogP contribution >= 0.6 is 0 Å². The van der Waals surface area contributed by atoms with E-state index in [1.54, 1.807) is 28.8 Å². The summed E-state index contributed by atoms with van der Waals surface area (Å²) in [6.07, 6.45) is 6.76. The molecule has 112 valence electrons. The fourth-order valence-electron chi connectivity index (χ4n) is 2.32. The molecular formula is C14H22N2O3S. The lowest BCUT2D eigenvalue weighted by Crippen LogP contribution is -2.32. The highest BCUT2D eigenvalue weighted by atomic mass is 32.2. The molecule has 1 aromatic rings. The van der Waals surface area contributed by atoms with Crippen molar-refractivity contribution in [2.45, 2.75) is 38.7 Å². The summed E-state index contributed by atoms with van der Waals surface area (Å²) in [5.74, 6) is 0.998. The molecule has 1 fully saturated rings. The summed E-state index contributed by atoms with van der Waals surface area (Å²) in [5.41, 5.74) is 0. The molecule has 1 aliphatic rings. The first-order valence-electron chi connectivity index (χ1n) is 7.16. The summed E-state index contributed by atoms with van der Waals surface area (Å²) in [5, 5.41) is 0. The van der Waals surface area contributed by atoms with Crippen LogP contribution in [0.5, 0.6) is 5.75 Å². The van der Waals surface area contributed by atoms with Crippen LogP contribution in [0.25, 0.3) is 0 Å². The van der Waals surface area contributed by atoms with Gasteiger partial charge in [-0.15, -0.1) is 0 Å². The highest BCUT2D eigenvalue weighted by Crippen LogP contribution is 2.20. The van der Waals surface area contributed by atoms with E-state index in [0.717, 1.165) is 31.4 Å². The number of nitrogens with zero attached hydrogens (tertiary/aromatic N) is 2. The van der Waals surface area contributed by atoms with E-state index in [9.17, 15) is 8.42 Å². The molecule has 0 amide bonds. The topological polar surface area (TPSA) is 59.5 Å². The molecule has 1 aromatic heterocycles. The van der Waals surface area contributed by atoms with Gasteiger partial charge in [-0.25, -0.2) is 8.42 Å². The van der Waals surface area contributed by atoms with E-state index in [1.807, 2.05) is 0 Å². The minimum absolute atomic E-state index is 0.0571. The molecule has 0 radical (unpaired) electrons. The van der Waals surface area contributed by atoms with E-state index in [0.29, 0.717) is 13.1 Å². The van der Waals surface area contributed by atoms with Crippen LogP contribution in [0, 0.1) is 0 Å². The Kier molecular flexibility index (Phi) is 5.37. The average Bonchev–Trinajstić information content (AvgIpc) is 2.89. The predicted molar refractivity (Wildman–Crippen MR) is 78.2 cm³/mol. The normalized spacial score (nSPS) is 20.1. The molecule has 0 N–H and O–H groups in total. The monoisotopic (exact) mass is 298 g/mol. The second-order valence-electron chi connectivity index (χ2n) is 5.09. The Morgan fingerprint density at radius 1 is 1.35 bits per heavy atom. The van der Waals surface area contributed by atoms with Crippen molar-refractivity contribution in [2.24, 2.45) is 0 Å². The Morgan fingerprint density at radius 2 is 2.10 bits per heavy atom. The molecule has 0 saturated carbocycles. The zero-order valence-corrected chi connectivity index (χ0v) is 12.7. The van der Waals surface area contributed by atoms with E-state index in [2.05, 4.69) is 11.9 Å². The van der Waals surface area contributed by atoms with Crippen molar-refractivity contribution in [3.63, 3.8) is 0 Å². The van der Waals surface area contributed by atoms with Crippen molar-refractivity contribution in [2.75, 3.05) is 18.8 Å². The first kappa shape index (κ1) is 15.3. The van der Waals surface area contributed by atoms with Crippen molar-refractivity contribution in [3.8, 4) is 5.75 Å². The Balaban J connectivity index is 1.85. The number of hydrogen-bond acceptors (Lipinski definition) is 4. The van der Waals surface area contributed by atoms with Gasteiger partial charge in [-0.3, -0.25) is 4.98 Å². The number of pyridine rings is 1. The SMILES string of the molecule is CCCCCS(=O)(=O)N1CC[C@H](Oc2ccncc2)C1. The van der Waals surface area contributed by atoms with Gasteiger partial charge < -0.3 is 4.74 Å². The number of unbranched alkanes of at least 4 members (excludes halogenated alkanes) is 2. The summed E-state index contributed by atoms with van der Waals surface area (Å²) in [7, 11) is -3.12. The van der Waals surface area contributed by atoms with E-state index < -0.39 is 10.0 Å². The quantitative estimate of drug-likeness (QED) is 0.723. The van der Waals surface area contributed by atoms with Gasteiger partial charge in [-0.05, 0) is 25.0 Å². The van der Waals surface area contributed by atoms with Gasteiger partial charge in [0.25, 0.3) is 0 Å². The molecule has 6 heteroatoms. The summed E-state index contributed by atoms with van der Waals surface area (Å²) >= 11 is 0. The molecule has 0 aromatic carbocycles. The molecule has 0 bridgehead atoms. The Morgan fingerprint density at radius 3 is 2.80 bits per heavy atom. The summed E-state index contributed by atoms with van der Waals surface area (Å²) in [6.45, 7) is 3.09. The van der Waals surface area contributed by atoms with Gasteiger partial charge in [0.15, 0.2) is 0 Å². The third-order valence-corrected chi connectivity index (χ3v) is 5.38. The van der Waals surface area contributed by atoms with Crippen LogP contribution in [0.3, 0.4) is 0 Å². The highest BCUT2D eigenvalue weighted by molar-refractivity contribution is 7.89. The Hall–Kier alpha value is -1.14. The number of aromatic nitrogens is 1. The van der Waals surface area contributed by atoms with E-state index in [1.165, 1.54) is 0 Å². The van der Waals surface area contributed by atoms with Gasteiger partial charge in [-0.1, -0.05) is 19.8 Å². The van der Waals surface area contributed by atoms with Gasteiger partial charge >= 0.3 is 0 Å². The van der Waals surface area contributed by atoms with Crippen LogP contribution < -0.4 is 4.74 Å². The standard InChI is InChI=1S/C14H22N2O3S/c1-2-3-4-11-20(17,18)16-10-7-14(12-16)19-13-5-8-15-9-6-13/h5-6,8-9,14H,2-4,7,10-12H2,1H3/t14-/m0/s1. The van der Waals surface area contributed by atoms with Crippen LogP contribution in [-0.2, 0) is 10.0 Å². The number of rotatable bonds is 7. The van der Waals surface area contributed by atoms with Crippen LogP contribution in [0.4, 0.5) is 0 Å². The number of sulfonamides is 1. The van der Waals surface area contributed by atoms with Crippen molar-refractivity contribution in [1.82, 2.24) is 9.29 Å². The maximum Gasteiger partial charge on any atom is 0.214 e. The van der Waals surface area contributed by atoms with Crippen molar-refractivity contribution >= 4 is 10.0 Å². The van der Waals surface area contributed by atoms with Crippen molar-refractivity contribution < 1.29 is 13.2 Å². The summed E-state index contributed by atoms with van der Waals surface area (Å²) < 4.78 is 31.7. The Bertz CT molecular complexity index is 504. The third kappa shape index (κ3) is 4.18. The van der Waals surface area contributed by atoms with Gasteiger partial charge in [0, 0.05) is 18.9 Å². The van der Waals surface area contributed by atoms with Gasteiger partial charge in [0.2, 0.25) is 10.0 Å². The summed E-state index contributed by atoms with van der Waals surface area (Å²) in [4.78, 5) is 3.93. The van der Waals surface area contributed by atoms with E-state index >= 15 is 0 Å². The van der Waals surface area contributed by atoms with E-state index in [-0.39, 0.29) is 11.9 Å². The molecule has 5 nitrogen and oxygen atoms in total. The largest absolute Gasteiger partial charge is 0.489 e. The van der Waals surface area contributed by atoms with Crippen LogP contribution in [0.1, 0.15) is 32.6 Å². The zero-order chi connectivity index (χ0) is 14.4. The van der Waals surface area contributed by atoms with Gasteiger partial charge in [-0.2, -0.15) is 4.31 Å². The number of hydrogen-bond donors (Lipinski definition) is 0. The number of ether oxygens (including phenoxy) is 1. The van der Waals surface area contributed by atoms with Crippen molar-refractivity contribution in [1.29, 1.82) is 0 Å². The average molecular weight is 298 g/mol. The molecule has 2 heterocycles. The van der Waals surface area contributed by atoms with Crippen LogP contribution in [-0.4, -0.2) is 42.7 Å². The predicted octanol–water partition coefficient (Wildman–Crippen LogP) is 2.05. The fraction of sp³-hybridized carbons (Fsp3) is 0.643. The minimum atomic E-state index is -3.12. The molecular weight excluding hydrogens is 276 g/mol. The molecule has 1 saturated heterocycles. The molecule has 0 spiro atoms. The van der Waals surface area contributed by atoms with Gasteiger partial charge in [0.1, 0.15) is 11.9 Å². The lowest BCUT2D eigenvalue weighted by molar-refractivity contribution is 0.215. The maximum absolute atomic E-state index is 12.2. The molecule has 1 aliphatic heterocycles. The molecule has 0 unspecified atom stereocenters. The van der Waals surface area contributed by atoms with E-state index in [4.69, 9.17) is 4.74 Å². The minimum Gasteiger partial charge on any atom is -0.489 e.